The number of aromatic amines is 1. The predicted octanol–water partition coefficient (Wildman–Crippen LogP) is 4.01. The molecule has 1 aliphatic rings. The average molecular weight is 377 g/mol. The summed E-state index contributed by atoms with van der Waals surface area (Å²) in [5.41, 5.74) is 7.79. The van der Waals surface area contributed by atoms with E-state index < -0.39 is 0 Å². The van der Waals surface area contributed by atoms with Gasteiger partial charge in [-0.2, -0.15) is 0 Å². The van der Waals surface area contributed by atoms with E-state index in [1.807, 2.05) is 12.3 Å². The zero-order valence-corrected chi connectivity index (χ0v) is 15.0. The second-order valence-electron chi connectivity index (χ2n) is 6.34. The minimum atomic E-state index is 0.110. The summed E-state index contributed by atoms with van der Waals surface area (Å²) >= 11 is 12.4. The molecule has 1 fully saturated rings. The van der Waals surface area contributed by atoms with Crippen molar-refractivity contribution in [2.45, 2.75) is 37.8 Å². The van der Waals surface area contributed by atoms with Crippen LogP contribution in [0.3, 0.4) is 0 Å². The summed E-state index contributed by atoms with van der Waals surface area (Å²) in [6, 6.07) is 2.13. The van der Waals surface area contributed by atoms with Gasteiger partial charge in [0, 0.05) is 35.4 Å². The summed E-state index contributed by atoms with van der Waals surface area (Å²) in [5.74, 6) is 1.17. The first-order valence-electron chi connectivity index (χ1n) is 8.29. The van der Waals surface area contributed by atoms with Crippen LogP contribution in [0.25, 0.3) is 22.4 Å². The Morgan fingerprint density at radius 3 is 2.84 bits per heavy atom. The molecular weight excluding hydrogens is 359 g/mol. The second-order valence-corrected chi connectivity index (χ2v) is 7.18. The molecule has 0 radical (unpaired) electrons. The maximum Gasteiger partial charge on any atom is 0.163 e. The Bertz CT molecular complexity index is 909. The highest BCUT2D eigenvalue weighted by Gasteiger charge is 2.23. The van der Waals surface area contributed by atoms with Crippen LogP contribution >= 0.6 is 23.2 Å². The van der Waals surface area contributed by atoms with E-state index in [4.69, 9.17) is 28.9 Å². The number of hydrogen-bond acceptors (Lipinski definition) is 5. The van der Waals surface area contributed by atoms with Gasteiger partial charge in [0.15, 0.2) is 5.82 Å². The van der Waals surface area contributed by atoms with Gasteiger partial charge in [0.05, 0.1) is 11.2 Å². The molecule has 1 saturated carbocycles. The van der Waals surface area contributed by atoms with E-state index in [0.29, 0.717) is 21.7 Å². The molecule has 0 spiro atoms. The molecule has 6 nitrogen and oxygen atoms in total. The van der Waals surface area contributed by atoms with Crippen molar-refractivity contribution in [3.05, 3.63) is 34.7 Å². The van der Waals surface area contributed by atoms with Crippen LogP contribution < -0.4 is 11.1 Å². The Hall–Kier alpha value is -1.89. The number of nitrogens with zero attached hydrogens (tertiary/aromatic N) is 3. The van der Waals surface area contributed by atoms with Gasteiger partial charge >= 0.3 is 0 Å². The van der Waals surface area contributed by atoms with Crippen molar-refractivity contribution >= 4 is 40.1 Å². The number of halogens is 2. The van der Waals surface area contributed by atoms with Crippen molar-refractivity contribution in [1.29, 1.82) is 0 Å². The van der Waals surface area contributed by atoms with Crippen molar-refractivity contribution in [2.75, 3.05) is 5.32 Å². The quantitative estimate of drug-likeness (QED) is 0.641. The monoisotopic (exact) mass is 376 g/mol. The molecule has 2 atom stereocenters. The number of rotatable bonds is 3. The molecule has 25 heavy (non-hydrogen) atoms. The number of nitrogens with two attached hydrogens (primary N) is 1. The third-order valence-corrected chi connectivity index (χ3v) is 5.11. The molecule has 3 aromatic heterocycles. The molecular formula is C17H18Cl2N6. The first-order valence-corrected chi connectivity index (χ1v) is 9.05. The Balaban J connectivity index is 1.70. The van der Waals surface area contributed by atoms with Crippen LogP contribution in [0, 0.1) is 0 Å². The maximum absolute atomic E-state index is 6.30. The Morgan fingerprint density at radius 2 is 2.00 bits per heavy atom. The van der Waals surface area contributed by atoms with Crippen LogP contribution in [0.4, 0.5) is 5.82 Å². The molecule has 0 amide bonds. The van der Waals surface area contributed by atoms with Crippen molar-refractivity contribution in [3.63, 3.8) is 0 Å². The predicted molar refractivity (Wildman–Crippen MR) is 101 cm³/mol. The van der Waals surface area contributed by atoms with E-state index in [1.165, 1.54) is 6.42 Å². The third kappa shape index (κ3) is 3.29. The molecule has 1 aliphatic carbocycles. The van der Waals surface area contributed by atoms with Gasteiger partial charge in [-0.3, -0.25) is 0 Å². The van der Waals surface area contributed by atoms with Crippen molar-refractivity contribution in [2.24, 2.45) is 5.73 Å². The van der Waals surface area contributed by atoms with Gasteiger partial charge < -0.3 is 16.0 Å². The zero-order valence-electron chi connectivity index (χ0n) is 13.5. The van der Waals surface area contributed by atoms with E-state index in [1.54, 1.807) is 12.4 Å². The van der Waals surface area contributed by atoms with Gasteiger partial charge in [-0.05, 0) is 18.9 Å². The molecule has 8 heteroatoms. The molecule has 3 heterocycles. The van der Waals surface area contributed by atoms with Gasteiger partial charge in [0.1, 0.15) is 16.5 Å². The number of nitrogens with one attached hydrogen (secondary N) is 2. The average Bonchev–Trinajstić information content (AvgIpc) is 3.02. The van der Waals surface area contributed by atoms with Gasteiger partial charge in [0.2, 0.25) is 0 Å². The molecule has 130 valence electrons. The first-order chi connectivity index (χ1) is 12.1. The lowest BCUT2D eigenvalue weighted by Gasteiger charge is -2.30. The summed E-state index contributed by atoms with van der Waals surface area (Å²) in [5, 5.41) is 5.32. The van der Waals surface area contributed by atoms with E-state index in [2.05, 4.69) is 25.3 Å². The van der Waals surface area contributed by atoms with Crippen LogP contribution in [-0.4, -0.2) is 32.0 Å². The lowest BCUT2D eigenvalue weighted by atomic mass is 9.91. The van der Waals surface area contributed by atoms with E-state index in [0.717, 1.165) is 35.9 Å². The molecule has 0 saturated heterocycles. The summed E-state index contributed by atoms with van der Waals surface area (Å²) in [6.45, 7) is 0. The fourth-order valence-electron chi connectivity index (χ4n) is 3.28. The standard InChI is InChI=1S/C17H18Cl2N6/c18-9-5-10-11(7-22-15(10)21-6-9)16-23-8-12(19)17(25-16)24-14-4-2-1-3-13(14)20/h5-8,13-14H,1-4,20H2,(H,21,22)(H,23,24,25)/t13-,14?/m1/s1. The minimum Gasteiger partial charge on any atom is -0.364 e. The highest BCUT2D eigenvalue weighted by molar-refractivity contribution is 6.33. The second kappa shape index (κ2) is 6.78. The van der Waals surface area contributed by atoms with Gasteiger partial charge in [-0.25, -0.2) is 15.0 Å². The first kappa shape index (κ1) is 16.6. The SMILES string of the molecule is N[C@@H]1CCCCC1Nc1nc(-c2c[nH]c3ncc(Cl)cc23)ncc1Cl. The minimum absolute atomic E-state index is 0.110. The Labute approximate surface area is 155 Å². The lowest BCUT2D eigenvalue weighted by Crippen LogP contribution is -2.42. The van der Waals surface area contributed by atoms with Gasteiger partial charge in [0.25, 0.3) is 0 Å². The maximum atomic E-state index is 6.30. The van der Waals surface area contributed by atoms with Crippen molar-refractivity contribution < 1.29 is 0 Å². The summed E-state index contributed by atoms with van der Waals surface area (Å²) in [4.78, 5) is 16.4. The van der Waals surface area contributed by atoms with Crippen LogP contribution in [-0.2, 0) is 0 Å². The number of aromatic nitrogens is 4. The van der Waals surface area contributed by atoms with E-state index >= 15 is 0 Å². The van der Waals surface area contributed by atoms with E-state index in [-0.39, 0.29) is 12.1 Å². The molecule has 0 aliphatic heterocycles. The summed E-state index contributed by atoms with van der Waals surface area (Å²) in [7, 11) is 0. The smallest absolute Gasteiger partial charge is 0.163 e. The van der Waals surface area contributed by atoms with Crippen molar-refractivity contribution in [1.82, 2.24) is 19.9 Å². The summed E-state index contributed by atoms with van der Waals surface area (Å²) in [6.07, 6.45) is 9.40. The topological polar surface area (TPSA) is 92.5 Å². The normalized spacial score (nSPS) is 20.8. The number of pyridine rings is 1. The van der Waals surface area contributed by atoms with E-state index in [9.17, 15) is 0 Å². The van der Waals surface area contributed by atoms with Crippen LogP contribution in [0.15, 0.2) is 24.7 Å². The number of fused-ring (bicyclic) bond motifs is 1. The molecule has 0 aromatic carbocycles. The fraction of sp³-hybridized carbons (Fsp3) is 0.353. The van der Waals surface area contributed by atoms with Crippen LogP contribution in [0.5, 0.6) is 0 Å². The third-order valence-electron chi connectivity index (χ3n) is 4.62. The molecule has 4 N–H and O–H groups in total. The molecule has 4 rings (SSSR count). The molecule has 0 bridgehead atoms. The lowest BCUT2D eigenvalue weighted by molar-refractivity contribution is 0.403. The Morgan fingerprint density at radius 1 is 1.16 bits per heavy atom. The van der Waals surface area contributed by atoms with Crippen molar-refractivity contribution in [3.8, 4) is 11.4 Å². The van der Waals surface area contributed by atoms with Crippen LogP contribution in [0.2, 0.25) is 10.0 Å². The summed E-state index contributed by atoms with van der Waals surface area (Å²) < 4.78 is 0. The van der Waals surface area contributed by atoms with Gasteiger partial charge in [-0.1, -0.05) is 36.0 Å². The van der Waals surface area contributed by atoms with Crippen LogP contribution in [0.1, 0.15) is 25.7 Å². The number of anilines is 1. The number of hydrogen-bond donors (Lipinski definition) is 3. The largest absolute Gasteiger partial charge is 0.364 e. The Kier molecular flexibility index (Phi) is 4.50. The fourth-order valence-corrected chi connectivity index (χ4v) is 3.58. The zero-order chi connectivity index (χ0) is 17.4. The number of H-pyrrole nitrogens is 1. The molecule has 1 unspecified atom stereocenters. The molecule has 3 aromatic rings. The highest BCUT2D eigenvalue weighted by Crippen LogP contribution is 2.30. The highest BCUT2D eigenvalue weighted by atomic mass is 35.5. The van der Waals surface area contributed by atoms with Gasteiger partial charge in [-0.15, -0.1) is 0 Å².